The third-order valence-electron chi connectivity index (χ3n) is 2.52. The zero-order chi connectivity index (χ0) is 11.8. The molecule has 0 unspecified atom stereocenters. The van der Waals surface area contributed by atoms with Gasteiger partial charge in [-0.05, 0) is 24.3 Å². The van der Waals surface area contributed by atoms with Crippen molar-refractivity contribution in [3.8, 4) is 5.69 Å². The van der Waals surface area contributed by atoms with Crippen molar-refractivity contribution in [3.05, 3.63) is 58.1 Å². The molecular weight excluding hydrogens is 238 g/mol. The van der Waals surface area contributed by atoms with Crippen molar-refractivity contribution in [1.82, 2.24) is 14.5 Å². The molecule has 1 aromatic carbocycles. The Morgan fingerprint density at radius 1 is 1.24 bits per heavy atom. The summed E-state index contributed by atoms with van der Waals surface area (Å²) in [6.45, 7) is 0. The van der Waals surface area contributed by atoms with Crippen LogP contribution < -0.4 is 5.56 Å². The number of aromatic amines is 1. The van der Waals surface area contributed by atoms with E-state index in [0.717, 1.165) is 11.2 Å². The van der Waals surface area contributed by atoms with E-state index in [-0.39, 0.29) is 5.56 Å². The zero-order valence-corrected chi connectivity index (χ0v) is 9.48. The van der Waals surface area contributed by atoms with Gasteiger partial charge in [-0.2, -0.15) is 0 Å². The second-order valence-electron chi connectivity index (χ2n) is 3.65. The normalized spacial score (nSPS) is 10.9. The SMILES string of the molecule is O=c1ccc2ncn(-c3cccc(Cl)c3)c2[nH]1. The van der Waals surface area contributed by atoms with Gasteiger partial charge in [0.15, 0.2) is 0 Å². The average molecular weight is 246 g/mol. The second kappa shape index (κ2) is 3.75. The van der Waals surface area contributed by atoms with Crippen molar-refractivity contribution in [2.45, 2.75) is 0 Å². The summed E-state index contributed by atoms with van der Waals surface area (Å²) in [7, 11) is 0. The highest BCUT2D eigenvalue weighted by Gasteiger charge is 2.05. The fraction of sp³-hybridized carbons (Fsp3) is 0. The molecule has 0 radical (unpaired) electrons. The van der Waals surface area contributed by atoms with Crippen molar-refractivity contribution < 1.29 is 0 Å². The molecule has 0 amide bonds. The topological polar surface area (TPSA) is 50.7 Å². The summed E-state index contributed by atoms with van der Waals surface area (Å²) in [4.78, 5) is 18.3. The Bertz CT molecular complexity index is 745. The molecule has 1 N–H and O–H groups in total. The van der Waals surface area contributed by atoms with Gasteiger partial charge < -0.3 is 4.98 Å². The molecule has 2 heterocycles. The number of rotatable bonds is 1. The molecule has 0 bridgehead atoms. The summed E-state index contributed by atoms with van der Waals surface area (Å²) in [6.07, 6.45) is 1.66. The molecule has 0 aliphatic carbocycles. The highest BCUT2D eigenvalue weighted by Crippen LogP contribution is 2.18. The Balaban J connectivity index is 2.30. The van der Waals surface area contributed by atoms with Crippen molar-refractivity contribution >= 4 is 22.8 Å². The maximum atomic E-state index is 11.3. The first-order valence-electron chi connectivity index (χ1n) is 5.06. The third-order valence-corrected chi connectivity index (χ3v) is 2.75. The highest BCUT2D eigenvalue weighted by molar-refractivity contribution is 6.30. The quantitative estimate of drug-likeness (QED) is 0.716. The molecule has 17 heavy (non-hydrogen) atoms. The Hall–Kier alpha value is -2.07. The van der Waals surface area contributed by atoms with Gasteiger partial charge in [-0.3, -0.25) is 9.36 Å². The highest BCUT2D eigenvalue weighted by atomic mass is 35.5. The summed E-state index contributed by atoms with van der Waals surface area (Å²) >= 11 is 5.94. The predicted octanol–water partition coefficient (Wildman–Crippen LogP) is 2.37. The second-order valence-corrected chi connectivity index (χ2v) is 4.09. The van der Waals surface area contributed by atoms with E-state index < -0.39 is 0 Å². The van der Waals surface area contributed by atoms with Gasteiger partial charge >= 0.3 is 0 Å². The van der Waals surface area contributed by atoms with Crippen LogP contribution in [0.1, 0.15) is 0 Å². The molecule has 0 spiro atoms. The molecule has 0 aliphatic rings. The molecular formula is C12H8ClN3O. The minimum atomic E-state index is -0.152. The van der Waals surface area contributed by atoms with Crippen LogP contribution >= 0.6 is 11.6 Å². The van der Waals surface area contributed by atoms with Crippen molar-refractivity contribution in [2.75, 3.05) is 0 Å². The van der Waals surface area contributed by atoms with Crippen LogP contribution in [0.5, 0.6) is 0 Å². The number of fused-ring (bicyclic) bond motifs is 1. The van der Waals surface area contributed by atoms with E-state index in [4.69, 9.17) is 11.6 Å². The van der Waals surface area contributed by atoms with Gasteiger partial charge in [-0.25, -0.2) is 4.98 Å². The fourth-order valence-electron chi connectivity index (χ4n) is 1.74. The van der Waals surface area contributed by atoms with E-state index in [1.54, 1.807) is 23.0 Å². The number of imidazole rings is 1. The molecule has 4 nitrogen and oxygen atoms in total. The monoisotopic (exact) mass is 245 g/mol. The van der Waals surface area contributed by atoms with Gasteiger partial charge in [-0.15, -0.1) is 0 Å². The lowest BCUT2D eigenvalue weighted by Gasteiger charge is -2.03. The van der Waals surface area contributed by atoms with Crippen LogP contribution in [0.4, 0.5) is 0 Å². The van der Waals surface area contributed by atoms with E-state index in [2.05, 4.69) is 9.97 Å². The molecule has 2 aromatic heterocycles. The maximum Gasteiger partial charge on any atom is 0.249 e. The Morgan fingerprint density at radius 2 is 2.12 bits per heavy atom. The van der Waals surface area contributed by atoms with Crippen LogP contribution in [0.3, 0.4) is 0 Å². The number of hydrogen-bond acceptors (Lipinski definition) is 2. The molecule has 84 valence electrons. The van der Waals surface area contributed by atoms with Crippen LogP contribution in [-0.4, -0.2) is 14.5 Å². The third kappa shape index (κ3) is 1.72. The standard InChI is InChI=1S/C12H8ClN3O/c13-8-2-1-3-9(6-8)16-7-14-10-4-5-11(17)15-12(10)16/h1-7H,(H,15,17). The number of halogens is 1. The van der Waals surface area contributed by atoms with Crippen LogP contribution in [0.15, 0.2) is 47.5 Å². The van der Waals surface area contributed by atoms with Crippen LogP contribution in [0.2, 0.25) is 5.02 Å². The summed E-state index contributed by atoms with van der Waals surface area (Å²) in [5, 5.41) is 0.641. The lowest BCUT2D eigenvalue weighted by Crippen LogP contribution is -2.05. The van der Waals surface area contributed by atoms with E-state index in [1.165, 1.54) is 6.07 Å². The largest absolute Gasteiger partial charge is 0.306 e. The van der Waals surface area contributed by atoms with E-state index in [0.29, 0.717) is 10.7 Å². The number of pyridine rings is 1. The summed E-state index contributed by atoms with van der Waals surface area (Å²) < 4.78 is 1.79. The minimum absolute atomic E-state index is 0.152. The smallest absolute Gasteiger partial charge is 0.249 e. The number of aromatic nitrogens is 3. The lowest BCUT2D eigenvalue weighted by molar-refractivity contribution is 1.06. The molecule has 3 rings (SSSR count). The van der Waals surface area contributed by atoms with Gasteiger partial charge in [0.2, 0.25) is 5.56 Å². The number of nitrogens with zero attached hydrogens (tertiary/aromatic N) is 2. The van der Waals surface area contributed by atoms with E-state index in [1.807, 2.05) is 18.2 Å². The van der Waals surface area contributed by atoms with Gasteiger partial charge in [-0.1, -0.05) is 17.7 Å². The summed E-state index contributed by atoms with van der Waals surface area (Å²) in [5.74, 6) is 0. The minimum Gasteiger partial charge on any atom is -0.306 e. The van der Waals surface area contributed by atoms with Crippen molar-refractivity contribution in [3.63, 3.8) is 0 Å². The first-order chi connectivity index (χ1) is 8.24. The Labute approximate surface area is 101 Å². The molecule has 0 fully saturated rings. The summed E-state index contributed by atoms with van der Waals surface area (Å²) in [5.41, 5.74) is 2.12. The van der Waals surface area contributed by atoms with Crippen LogP contribution in [0, 0.1) is 0 Å². The first-order valence-corrected chi connectivity index (χ1v) is 5.44. The average Bonchev–Trinajstić information content (AvgIpc) is 2.71. The maximum absolute atomic E-state index is 11.3. The molecule has 3 aromatic rings. The lowest BCUT2D eigenvalue weighted by atomic mass is 10.3. The summed E-state index contributed by atoms with van der Waals surface area (Å²) in [6, 6.07) is 10.5. The molecule has 0 aliphatic heterocycles. The van der Waals surface area contributed by atoms with Crippen LogP contribution in [0.25, 0.3) is 16.9 Å². The van der Waals surface area contributed by atoms with Gasteiger partial charge in [0.05, 0.1) is 0 Å². The van der Waals surface area contributed by atoms with Gasteiger partial charge in [0.1, 0.15) is 17.5 Å². The number of H-pyrrole nitrogens is 1. The molecule has 0 saturated carbocycles. The molecule has 0 atom stereocenters. The Morgan fingerprint density at radius 3 is 2.94 bits per heavy atom. The molecule has 0 saturated heterocycles. The van der Waals surface area contributed by atoms with E-state index in [9.17, 15) is 4.79 Å². The van der Waals surface area contributed by atoms with Crippen LogP contribution in [-0.2, 0) is 0 Å². The fourth-order valence-corrected chi connectivity index (χ4v) is 1.93. The van der Waals surface area contributed by atoms with Gasteiger partial charge in [0, 0.05) is 16.8 Å². The Kier molecular flexibility index (Phi) is 2.23. The zero-order valence-electron chi connectivity index (χ0n) is 8.72. The molecule has 5 heteroatoms. The number of hydrogen-bond donors (Lipinski definition) is 1. The van der Waals surface area contributed by atoms with E-state index >= 15 is 0 Å². The first kappa shape index (κ1) is 10.1. The predicted molar refractivity (Wildman–Crippen MR) is 66.7 cm³/mol. The van der Waals surface area contributed by atoms with Crippen molar-refractivity contribution in [2.24, 2.45) is 0 Å². The van der Waals surface area contributed by atoms with Gasteiger partial charge in [0.25, 0.3) is 0 Å². The number of benzene rings is 1. The van der Waals surface area contributed by atoms with Crippen molar-refractivity contribution in [1.29, 1.82) is 0 Å². The number of nitrogens with one attached hydrogen (secondary N) is 1.